The highest BCUT2D eigenvalue weighted by atomic mass is 16.4. The molecule has 23 heavy (non-hydrogen) atoms. The zero-order valence-corrected chi connectivity index (χ0v) is 13.3. The van der Waals surface area contributed by atoms with Gasteiger partial charge in [0, 0.05) is 11.3 Å². The second kappa shape index (κ2) is 6.04. The van der Waals surface area contributed by atoms with E-state index in [4.69, 9.17) is 4.42 Å². The molecular formula is C18H17N3O2. The lowest BCUT2D eigenvalue weighted by Gasteiger charge is -2.11. The largest absolute Gasteiger partial charge is 0.412 e. The molecule has 1 N–H and O–H groups in total. The maximum Gasteiger partial charge on any atom is 0.313 e. The van der Waals surface area contributed by atoms with Crippen molar-refractivity contribution >= 4 is 11.6 Å². The van der Waals surface area contributed by atoms with Gasteiger partial charge in [0.1, 0.15) is 0 Å². The first-order chi connectivity index (χ1) is 11.0. The average Bonchev–Trinajstić information content (AvgIpc) is 3.01. The molecular weight excluding hydrogens is 290 g/mol. The first kappa shape index (κ1) is 15.0. The van der Waals surface area contributed by atoms with Gasteiger partial charge in [-0.1, -0.05) is 35.9 Å². The number of benzene rings is 2. The van der Waals surface area contributed by atoms with Gasteiger partial charge in [-0.05, 0) is 44.0 Å². The fourth-order valence-electron chi connectivity index (χ4n) is 2.56. The van der Waals surface area contributed by atoms with Crippen LogP contribution in [0.4, 0.5) is 5.69 Å². The standard InChI is InChI=1S/C18H17N3O2/c1-11-9-12(2)15(13(3)10-11)19-16(22)18-21-20-17(23-18)14-7-5-4-6-8-14/h4-10H,1-3H3,(H,19,22). The summed E-state index contributed by atoms with van der Waals surface area (Å²) in [5.74, 6) is -0.133. The van der Waals surface area contributed by atoms with Gasteiger partial charge in [0.05, 0.1) is 0 Å². The molecule has 0 aliphatic rings. The van der Waals surface area contributed by atoms with Crippen LogP contribution in [0.3, 0.4) is 0 Å². The number of nitrogens with one attached hydrogen (secondary N) is 1. The quantitative estimate of drug-likeness (QED) is 0.796. The number of nitrogens with zero attached hydrogens (tertiary/aromatic N) is 2. The van der Waals surface area contributed by atoms with Crippen LogP contribution in [0, 0.1) is 20.8 Å². The Kier molecular flexibility index (Phi) is 3.93. The van der Waals surface area contributed by atoms with E-state index in [0.29, 0.717) is 5.89 Å². The summed E-state index contributed by atoms with van der Waals surface area (Å²) in [7, 11) is 0. The maximum absolute atomic E-state index is 12.3. The predicted molar refractivity (Wildman–Crippen MR) is 88.3 cm³/mol. The van der Waals surface area contributed by atoms with E-state index in [9.17, 15) is 4.79 Å². The lowest BCUT2D eigenvalue weighted by molar-refractivity contribution is 0.0990. The Morgan fingerprint density at radius 2 is 1.65 bits per heavy atom. The monoisotopic (exact) mass is 307 g/mol. The molecule has 0 fully saturated rings. The molecule has 0 unspecified atom stereocenters. The number of rotatable bonds is 3. The van der Waals surface area contributed by atoms with E-state index >= 15 is 0 Å². The number of carbonyl (C=O) groups excluding carboxylic acids is 1. The van der Waals surface area contributed by atoms with Gasteiger partial charge in [-0.25, -0.2) is 0 Å². The van der Waals surface area contributed by atoms with Crippen molar-refractivity contribution < 1.29 is 9.21 Å². The second-order valence-corrected chi connectivity index (χ2v) is 5.51. The number of aromatic nitrogens is 2. The molecule has 5 heteroatoms. The third-order valence-electron chi connectivity index (χ3n) is 3.56. The van der Waals surface area contributed by atoms with Gasteiger partial charge in [0.15, 0.2) is 0 Å². The highest BCUT2D eigenvalue weighted by Crippen LogP contribution is 2.23. The van der Waals surface area contributed by atoms with E-state index in [1.54, 1.807) is 0 Å². The fraction of sp³-hybridized carbons (Fsp3) is 0.167. The van der Waals surface area contributed by atoms with Crippen molar-refractivity contribution in [3.63, 3.8) is 0 Å². The van der Waals surface area contributed by atoms with E-state index in [-0.39, 0.29) is 5.89 Å². The summed E-state index contributed by atoms with van der Waals surface area (Å²) in [5, 5.41) is 10.6. The first-order valence-corrected chi connectivity index (χ1v) is 7.32. The van der Waals surface area contributed by atoms with Gasteiger partial charge >= 0.3 is 11.8 Å². The summed E-state index contributed by atoms with van der Waals surface area (Å²) < 4.78 is 5.47. The molecule has 1 aromatic heterocycles. The van der Waals surface area contributed by atoms with Crippen molar-refractivity contribution in [2.24, 2.45) is 0 Å². The summed E-state index contributed by atoms with van der Waals surface area (Å²) in [5.41, 5.74) is 4.71. The van der Waals surface area contributed by atoms with Gasteiger partial charge in [0.25, 0.3) is 0 Å². The third kappa shape index (κ3) is 3.13. The SMILES string of the molecule is Cc1cc(C)c(NC(=O)c2nnc(-c3ccccc3)o2)c(C)c1. The molecule has 0 saturated heterocycles. The molecule has 0 spiro atoms. The zero-order valence-electron chi connectivity index (χ0n) is 13.3. The Morgan fingerprint density at radius 3 is 2.30 bits per heavy atom. The average molecular weight is 307 g/mol. The van der Waals surface area contributed by atoms with E-state index in [1.807, 2.05) is 63.2 Å². The Bertz CT molecular complexity index is 831. The number of amides is 1. The number of hydrogen-bond acceptors (Lipinski definition) is 4. The second-order valence-electron chi connectivity index (χ2n) is 5.51. The normalized spacial score (nSPS) is 10.6. The van der Waals surface area contributed by atoms with Gasteiger partial charge in [-0.3, -0.25) is 4.79 Å². The minimum absolute atomic E-state index is 0.0526. The van der Waals surface area contributed by atoms with Crippen molar-refractivity contribution in [2.45, 2.75) is 20.8 Å². The molecule has 3 aromatic rings. The van der Waals surface area contributed by atoms with Gasteiger partial charge < -0.3 is 9.73 Å². The lowest BCUT2D eigenvalue weighted by Crippen LogP contribution is -2.14. The minimum atomic E-state index is -0.408. The Labute approximate surface area is 134 Å². The Hall–Kier alpha value is -2.95. The highest BCUT2D eigenvalue weighted by molar-refractivity contribution is 6.02. The summed E-state index contributed by atoms with van der Waals surface area (Å²) in [6, 6.07) is 13.4. The van der Waals surface area contributed by atoms with Gasteiger partial charge in [-0.15, -0.1) is 10.2 Å². The van der Waals surface area contributed by atoms with Crippen LogP contribution in [0.2, 0.25) is 0 Å². The minimum Gasteiger partial charge on any atom is -0.412 e. The predicted octanol–water partition coefficient (Wildman–Crippen LogP) is 3.91. The Balaban J connectivity index is 1.84. The van der Waals surface area contributed by atoms with E-state index in [0.717, 1.165) is 27.9 Å². The van der Waals surface area contributed by atoms with Crippen LogP contribution in [0.1, 0.15) is 27.4 Å². The van der Waals surface area contributed by atoms with Crippen molar-refractivity contribution in [2.75, 3.05) is 5.32 Å². The van der Waals surface area contributed by atoms with Crippen molar-refractivity contribution in [1.29, 1.82) is 0 Å². The van der Waals surface area contributed by atoms with E-state index < -0.39 is 5.91 Å². The number of carbonyl (C=O) groups is 1. The molecule has 3 rings (SSSR count). The molecule has 5 nitrogen and oxygen atoms in total. The maximum atomic E-state index is 12.3. The summed E-state index contributed by atoms with van der Waals surface area (Å²) in [6.07, 6.45) is 0. The Morgan fingerprint density at radius 1 is 1.00 bits per heavy atom. The zero-order chi connectivity index (χ0) is 16.4. The molecule has 0 atom stereocenters. The smallest absolute Gasteiger partial charge is 0.313 e. The summed E-state index contributed by atoms with van der Waals surface area (Å²) in [6.45, 7) is 5.94. The van der Waals surface area contributed by atoms with Crippen LogP contribution in [0.5, 0.6) is 0 Å². The van der Waals surface area contributed by atoms with E-state index in [1.165, 1.54) is 0 Å². The van der Waals surface area contributed by atoms with Crippen LogP contribution >= 0.6 is 0 Å². The molecule has 0 saturated carbocycles. The molecule has 1 heterocycles. The van der Waals surface area contributed by atoms with E-state index in [2.05, 4.69) is 15.5 Å². The third-order valence-corrected chi connectivity index (χ3v) is 3.56. The number of hydrogen-bond donors (Lipinski definition) is 1. The van der Waals surface area contributed by atoms with Crippen LogP contribution in [-0.4, -0.2) is 16.1 Å². The van der Waals surface area contributed by atoms with Crippen LogP contribution in [0.15, 0.2) is 46.9 Å². The molecule has 0 radical (unpaired) electrons. The summed E-state index contributed by atoms with van der Waals surface area (Å²) >= 11 is 0. The highest BCUT2D eigenvalue weighted by Gasteiger charge is 2.17. The van der Waals surface area contributed by atoms with Crippen LogP contribution in [-0.2, 0) is 0 Å². The van der Waals surface area contributed by atoms with Crippen LogP contribution < -0.4 is 5.32 Å². The van der Waals surface area contributed by atoms with Gasteiger partial charge in [-0.2, -0.15) is 0 Å². The van der Waals surface area contributed by atoms with Crippen LogP contribution in [0.25, 0.3) is 11.5 Å². The number of aryl methyl sites for hydroxylation is 3. The topological polar surface area (TPSA) is 68.0 Å². The molecule has 116 valence electrons. The lowest BCUT2D eigenvalue weighted by atomic mass is 10.1. The fourth-order valence-corrected chi connectivity index (χ4v) is 2.56. The van der Waals surface area contributed by atoms with Gasteiger partial charge in [0.2, 0.25) is 5.89 Å². The first-order valence-electron chi connectivity index (χ1n) is 7.32. The van der Waals surface area contributed by atoms with Crippen molar-refractivity contribution in [3.05, 3.63) is 65.0 Å². The number of anilines is 1. The molecule has 1 amide bonds. The summed E-state index contributed by atoms with van der Waals surface area (Å²) in [4.78, 5) is 12.3. The van der Waals surface area contributed by atoms with Crippen molar-refractivity contribution in [1.82, 2.24) is 10.2 Å². The van der Waals surface area contributed by atoms with Crippen molar-refractivity contribution in [3.8, 4) is 11.5 Å². The molecule has 2 aromatic carbocycles. The molecule has 0 aliphatic carbocycles. The molecule has 0 bridgehead atoms. The molecule has 0 aliphatic heterocycles.